The summed E-state index contributed by atoms with van der Waals surface area (Å²) in [5.74, 6) is 1.53. The topological polar surface area (TPSA) is 104 Å². The van der Waals surface area contributed by atoms with Crippen molar-refractivity contribution in [3.63, 3.8) is 0 Å². The third-order valence-electron chi connectivity index (χ3n) is 4.67. The zero-order chi connectivity index (χ0) is 21.4. The molecule has 3 aromatic heterocycles. The lowest BCUT2D eigenvalue weighted by atomic mass is 10.1. The Morgan fingerprint density at radius 1 is 1.10 bits per heavy atom. The van der Waals surface area contributed by atoms with Crippen LogP contribution in [0.25, 0.3) is 22.4 Å². The van der Waals surface area contributed by atoms with Crippen LogP contribution in [0.2, 0.25) is 0 Å². The molecule has 0 unspecified atom stereocenters. The predicted molar refractivity (Wildman–Crippen MR) is 116 cm³/mol. The van der Waals surface area contributed by atoms with E-state index in [0.717, 1.165) is 5.56 Å². The maximum absolute atomic E-state index is 12.7. The summed E-state index contributed by atoms with van der Waals surface area (Å²) in [6, 6.07) is 19.4. The van der Waals surface area contributed by atoms with E-state index in [-0.39, 0.29) is 11.2 Å². The molecular formula is C22H14N4O4S. The van der Waals surface area contributed by atoms with Gasteiger partial charge in [0.15, 0.2) is 5.82 Å². The number of aromatic nitrogens is 3. The second-order valence-electron chi connectivity index (χ2n) is 6.81. The fourth-order valence-corrected chi connectivity index (χ4v) is 4.12. The van der Waals surface area contributed by atoms with Gasteiger partial charge in [-0.05, 0) is 17.7 Å². The molecule has 2 aromatic carbocycles. The molecule has 0 aliphatic rings. The molecule has 0 radical (unpaired) electrons. The van der Waals surface area contributed by atoms with E-state index < -0.39 is 4.92 Å². The van der Waals surface area contributed by atoms with Crippen LogP contribution in [-0.4, -0.2) is 19.5 Å². The summed E-state index contributed by atoms with van der Waals surface area (Å²) in [4.78, 5) is 28.2. The van der Waals surface area contributed by atoms with Crippen molar-refractivity contribution in [2.45, 2.75) is 6.42 Å². The third kappa shape index (κ3) is 3.74. The Balaban J connectivity index is 1.45. The van der Waals surface area contributed by atoms with Crippen molar-refractivity contribution in [3.8, 4) is 11.3 Å². The SMILES string of the molecule is O=c1c(=Cc2ccc(-c3cccc([N+](=O)[O-])c3)o2)sc2nc(Cc3ccccc3)nn12. The number of hydrogen-bond acceptors (Lipinski definition) is 7. The van der Waals surface area contributed by atoms with Gasteiger partial charge in [0, 0.05) is 30.2 Å². The first-order valence-corrected chi connectivity index (χ1v) is 10.2. The maximum atomic E-state index is 12.7. The Bertz CT molecular complexity index is 1520. The van der Waals surface area contributed by atoms with Gasteiger partial charge in [-0.3, -0.25) is 14.9 Å². The van der Waals surface area contributed by atoms with E-state index in [1.807, 2.05) is 30.3 Å². The molecule has 0 bridgehead atoms. The average molecular weight is 430 g/mol. The van der Waals surface area contributed by atoms with Gasteiger partial charge >= 0.3 is 0 Å². The van der Waals surface area contributed by atoms with E-state index in [4.69, 9.17) is 4.42 Å². The van der Waals surface area contributed by atoms with Crippen LogP contribution in [-0.2, 0) is 6.42 Å². The van der Waals surface area contributed by atoms with Gasteiger partial charge in [0.05, 0.1) is 4.92 Å². The van der Waals surface area contributed by atoms with Crippen molar-refractivity contribution in [1.82, 2.24) is 14.6 Å². The highest BCUT2D eigenvalue weighted by Gasteiger charge is 2.13. The van der Waals surface area contributed by atoms with Gasteiger partial charge in [-0.2, -0.15) is 4.52 Å². The molecule has 9 heteroatoms. The van der Waals surface area contributed by atoms with Crippen molar-refractivity contribution in [2.75, 3.05) is 0 Å². The zero-order valence-electron chi connectivity index (χ0n) is 16.0. The van der Waals surface area contributed by atoms with Gasteiger partial charge in [0.25, 0.3) is 11.2 Å². The minimum absolute atomic E-state index is 0.0156. The molecule has 0 amide bonds. The Kier molecular flexibility index (Phi) is 4.64. The van der Waals surface area contributed by atoms with Gasteiger partial charge < -0.3 is 4.42 Å². The summed E-state index contributed by atoms with van der Waals surface area (Å²) in [5.41, 5.74) is 1.38. The highest BCUT2D eigenvalue weighted by molar-refractivity contribution is 7.15. The summed E-state index contributed by atoms with van der Waals surface area (Å²) in [5, 5.41) is 15.3. The van der Waals surface area contributed by atoms with Crippen LogP contribution in [0, 0.1) is 10.1 Å². The molecule has 0 saturated carbocycles. The van der Waals surface area contributed by atoms with Crippen LogP contribution in [0.4, 0.5) is 5.69 Å². The Morgan fingerprint density at radius 2 is 1.94 bits per heavy atom. The molecule has 3 heterocycles. The van der Waals surface area contributed by atoms with Gasteiger partial charge in [0.1, 0.15) is 16.1 Å². The number of benzene rings is 2. The van der Waals surface area contributed by atoms with Crippen molar-refractivity contribution in [3.05, 3.63) is 109 Å². The highest BCUT2D eigenvalue weighted by Crippen LogP contribution is 2.26. The van der Waals surface area contributed by atoms with Crippen molar-refractivity contribution >= 4 is 28.1 Å². The smallest absolute Gasteiger partial charge is 0.291 e. The molecule has 8 nitrogen and oxygen atoms in total. The molecule has 31 heavy (non-hydrogen) atoms. The lowest BCUT2D eigenvalue weighted by molar-refractivity contribution is -0.384. The maximum Gasteiger partial charge on any atom is 0.291 e. The first kappa shape index (κ1) is 18.9. The van der Waals surface area contributed by atoms with Crippen LogP contribution in [0.15, 0.2) is 75.9 Å². The molecule has 5 aromatic rings. The minimum Gasteiger partial charge on any atom is -0.457 e. The number of rotatable bonds is 5. The first-order valence-electron chi connectivity index (χ1n) is 9.35. The molecule has 5 rings (SSSR count). The standard InChI is InChI=1S/C22H14N4O4S/c27-21-19(31-22-23-20(24-25(21)22)11-14-5-2-1-3-6-14)13-17-9-10-18(30-17)15-7-4-8-16(12-15)26(28)29/h1-10,12-13H,11H2. The molecule has 0 N–H and O–H groups in total. The van der Waals surface area contributed by atoms with Crippen LogP contribution in [0.5, 0.6) is 0 Å². The molecule has 0 aliphatic heterocycles. The number of thiazole rings is 1. The Labute approximate surface area is 178 Å². The van der Waals surface area contributed by atoms with Crippen LogP contribution in [0.3, 0.4) is 0 Å². The number of nitro benzene ring substituents is 1. The van der Waals surface area contributed by atoms with E-state index in [9.17, 15) is 14.9 Å². The number of nitrogens with zero attached hydrogens (tertiary/aromatic N) is 4. The lowest BCUT2D eigenvalue weighted by Crippen LogP contribution is -2.23. The van der Waals surface area contributed by atoms with Crippen LogP contribution in [0.1, 0.15) is 17.1 Å². The second-order valence-corrected chi connectivity index (χ2v) is 7.82. The number of hydrogen-bond donors (Lipinski definition) is 0. The van der Waals surface area contributed by atoms with E-state index in [1.165, 1.54) is 28.0 Å². The van der Waals surface area contributed by atoms with Crippen LogP contribution >= 0.6 is 11.3 Å². The normalized spacial score (nSPS) is 11.9. The van der Waals surface area contributed by atoms with E-state index in [2.05, 4.69) is 10.1 Å². The van der Waals surface area contributed by atoms with E-state index in [1.54, 1.807) is 30.3 Å². The van der Waals surface area contributed by atoms with Crippen molar-refractivity contribution in [1.29, 1.82) is 0 Å². The highest BCUT2D eigenvalue weighted by atomic mass is 32.1. The van der Waals surface area contributed by atoms with E-state index in [0.29, 0.717) is 38.8 Å². The van der Waals surface area contributed by atoms with E-state index >= 15 is 0 Å². The largest absolute Gasteiger partial charge is 0.457 e. The summed E-state index contributed by atoms with van der Waals surface area (Å²) in [7, 11) is 0. The third-order valence-corrected chi connectivity index (χ3v) is 5.63. The number of non-ortho nitro benzene ring substituents is 1. The van der Waals surface area contributed by atoms with Crippen LogP contribution < -0.4 is 10.1 Å². The average Bonchev–Trinajstić information content (AvgIpc) is 3.47. The fraction of sp³-hybridized carbons (Fsp3) is 0.0455. The summed E-state index contributed by atoms with van der Waals surface area (Å²) in [6.45, 7) is 0. The zero-order valence-corrected chi connectivity index (χ0v) is 16.8. The van der Waals surface area contributed by atoms with Gasteiger partial charge in [-0.25, -0.2) is 4.98 Å². The summed E-state index contributed by atoms with van der Waals surface area (Å²) < 4.78 is 7.53. The van der Waals surface area contributed by atoms with Gasteiger partial charge in [-0.15, -0.1) is 5.10 Å². The molecule has 0 aliphatic carbocycles. The summed E-state index contributed by atoms with van der Waals surface area (Å²) in [6.07, 6.45) is 2.18. The van der Waals surface area contributed by atoms with Crippen molar-refractivity contribution in [2.24, 2.45) is 0 Å². The summed E-state index contributed by atoms with van der Waals surface area (Å²) >= 11 is 1.23. The fourth-order valence-electron chi connectivity index (χ4n) is 3.22. The number of fused-ring (bicyclic) bond motifs is 1. The van der Waals surface area contributed by atoms with Gasteiger partial charge in [-0.1, -0.05) is 53.8 Å². The molecule has 0 saturated heterocycles. The minimum atomic E-state index is -0.455. The molecular weight excluding hydrogens is 416 g/mol. The Morgan fingerprint density at radius 3 is 2.71 bits per heavy atom. The van der Waals surface area contributed by atoms with Crippen molar-refractivity contribution < 1.29 is 9.34 Å². The Hall–Kier alpha value is -4.11. The molecule has 0 fully saturated rings. The van der Waals surface area contributed by atoms with Gasteiger partial charge in [0.2, 0.25) is 4.96 Å². The predicted octanol–water partition coefficient (Wildman–Crippen LogP) is 3.46. The molecule has 0 atom stereocenters. The molecule has 0 spiro atoms. The first-order chi connectivity index (χ1) is 15.1. The second kappa shape index (κ2) is 7.62. The number of furan rings is 1. The monoisotopic (exact) mass is 430 g/mol. The number of nitro groups is 1. The lowest BCUT2D eigenvalue weighted by Gasteiger charge is -1.96. The molecule has 152 valence electrons. The quantitative estimate of drug-likeness (QED) is 0.312.